The second kappa shape index (κ2) is 10.6. The number of carbonyl (C=O) groups is 1. The second-order valence-corrected chi connectivity index (χ2v) is 13.7. The van der Waals surface area contributed by atoms with Crippen molar-refractivity contribution in [2.24, 2.45) is 5.92 Å². The molecule has 10 nitrogen and oxygen atoms in total. The maximum Gasteiger partial charge on any atom is 0.308 e. The lowest BCUT2D eigenvalue weighted by Gasteiger charge is -2.34. The summed E-state index contributed by atoms with van der Waals surface area (Å²) in [6, 6.07) is 12.3. The van der Waals surface area contributed by atoms with E-state index in [1.165, 1.54) is 0 Å². The molecule has 11 heteroatoms. The van der Waals surface area contributed by atoms with Crippen LogP contribution in [0.4, 0.5) is 23.1 Å². The van der Waals surface area contributed by atoms with Gasteiger partial charge in [-0.3, -0.25) is 9.48 Å². The highest BCUT2D eigenvalue weighted by atomic mass is 28.3. The number of benzene rings is 2. The Balaban J connectivity index is 1.38. The Morgan fingerprint density at radius 1 is 1.29 bits per heavy atom. The number of carboxylic acids is 1. The average Bonchev–Trinajstić information content (AvgIpc) is 3.45. The normalized spacial score (nSPS) is 20.7. The van der Waals surface area contributed by atoms with Gasteiger partial charge in [0, 0.05) is 30.6 Å². The van der Waals surface area contributed by atoms with Gasteiger partial charge in [-0.1, -0.05) is 30.3 Å². The highest BCUT2D eigenvalue weighted by Gasteiger charge is 2.44. The number of hydrogen-bond donors (Lipinski definition) is 4. The zero-order valence-electron chi connectivity index (χ0n) is 23.3. The molecular formula is C30H34N7O3Si. The van der Waals surface area contributed by atoms with Gasteiger partial charge in [-0.15, -0.1) is 6.58 Å². The first-order valence-corrected chi connectivity index (χ1v) is 15.4. The lowest BCUT2D eigenvalue weighted by molar-refractivity contribution is -0.141. The number of allylic oxidation sites excluding steroid dienone is 1. The van der Waals surface area contributed by atoms with Crippen molar-refractivity contribution >= 4 is 54.2 Å². The van der Waals surface area contributed by atoms with Crippen molar-refractivity contribution in [1.29, 1.82) is 0 Å². The fourth-order valence-electron chi connectivity index (χ4n) is 5.91. The highest BCUT2D eigenvalue weighted by molar-refractivity contribution is 6.80. The lowest BCUT2D eigenvalue weighted by Crippen LogP contribution is -2.53. The maximum atomic E-state index is 11.8. The van der Waals surface area contributed by atoms with Gasteiger partial charge in [0.2, 0.25) is 14.9 Å². The number of aryl methyl sites for hydroxylation is 1. The fourth-order valence-corrected chi connectivity index (χ4v) is 8.44. The quantitative estimate of drug-likeness (QED) is 0.186. The van der Waals surface area contributed by atoms with E-state index in [4.69, 9.17) is 4.98 Å². The smallest absolute Gasteiger partial charge is 0.308 e. The molecule has 1 radical (unpaired) electrons. The molecule has 1 saturated heterocycles. The van der Waals surface area contributed by atoms with E-state index < -0.39 is 26.1 Å². The van der Waals surface area contributed by atoms with E-state index in [0.29, 0.717) is 44.2 Å². The summed E-state index contributed by atoms with van der Waals surface area (Å²) in [7, 11) is -1.69. The minimum Gasteiger partial charge on any atom is -0.481 e. The number of aliphatic carboxylic acids is 1. The summed E-state index contributed by atoms with van der Waals surface area (Å²) in [4.78, 5) is 27.1. The largest absolute Gasteiger partial charge is 0.481 e. The van der Waals surface area contributed by atoms with Crippen molar-refractivity contribution in [2.75, 3.05) is 28.3 Å². The molecule has 2 aromatic heterocycles. The molecule has 0 saturated carbocycles. The summed E-state index contributed by atoms with van der Waals surface area (Å²) in [6.07, 6.45) is 7.41. The van der Waals surface area contributed by atoms with Gasteiger partial charge in [-0.05, 0) is 55.1 Å². The Morgan fingerprint density at radius 3 is 2.93 bits per heavy atom. The van der Waals surface area contributed by atoms with E-state index >= 15 is 0 Å². The summed E-state index contributed by atoms with van der Waals surface area (Å²) in [5.41, 5.74) is 4.74. The third-order valence-electron chi connectivity index (χ3n) is 8.02. The van der Waals surface area contributed by atoms with Crippen LogP contribution in [-0.4, -0.2) is 63.2 Å². The first-order chi connectivity index (χ1) is 19.7. The van der Waals surface area contributed by atoms with Crippen LogP contribution in [0.1, 0.15) is 30.9 Å². The number of aliphatic hydroxyl groups is 1. The number of anilines is 4. The predicted octanol–water partition coefficient (Wildman–Crippen LogP) is 3.52. The minimum absolute atomic E-state index is 0.387. The van der Waals surface area contributed by atoms with E-state index in [9.17, 15) is 15.0 Å². The van der Waals surface area contributed by atoms with Crippen LogP contribution in [0.2, 0.25) is 0 Å². The standard InChI is InChI=1S/C30H34N7O3Si/c1-4-11-37-24-14-23(19(2)13-22(24)16-32-37)33-29-31-17-25(36-12-7-9-21(18-36)28(38)39)27(34-29)35-41-26-10-6-5-8-20(26)15-30(41,3)40/h4-6,8,10,13-14,16-17,21,40H,1,7,9,11-12,15,18H2,2-3H3,(H,38,39)(H2,31,33,34,35). The van der Waals surface area contributed by atoms with Gasteiger partial charge in [-0.2, -0.15) is 10.1 Å². The Bertz CT molecular complexity index is 1640. The van der Waals surface area contributed by atoms with Gasteiger partial charge in [0.25, 0.3) is 0 Å². The van der Waals surface area contributed by atoms with Crippen LogP contribution in [0.5, 0.6) is 0 Å². The lowest BCUT2D eigenvalue weighted by atomic mass is 9.98. The molecule has 211 valence electrons. The summed E-state index contributed by atoms with van der Waals surface area (Å²) < 4.78 is 1.89. The molecule has 1 fully saturated rings. The van der Waals surface area contributed by atoms with Gasteiger partial charge in [-0.25, -0.2) is 4.98 Å². The van der Waals surface area contributed by atoms with Gasteiger partial charge in [0.05, 0.1) is 41.3 Å². The average molecular weight is 569 g/mol. The van der Waals surface area contributed by atoms with Crippen LogP contribution in [0.3, 0.4) is 0 Å². The molecule has 6 rings (SSSR count). The van der Waals surface area contributed by atoms with E-state index in [1.807, 2.05) is 49.0 Å². The molecule has 0 amide bonds. The molecular weight excluding hydrogens is 534 g/mol. The summed E-state index contributed by atoms with van der Waals surface area (Å²) >= 11 is 0. The molecule has 0 bridgehead atoms. The summed E-state index contributed by atoms with van der Waals surface area (Å²) in [5, 5.41) is 30.3. The topological polar surface area (TPSA) is 128 Å². The first-order valence-electron chi connectivity index (χ1n) is 13.9. The zero-order valence-corrected chi connectivity index (χ0v) is 24.3. The number of carboxylic acid groups (broad SMARTS) is 1. The number of piperidine rings is 1. The molecule has 2 aromatic carbocycles. The number of rotatable bonds is 8. The first kappa shape index (κ1) is 27.0. The van der Waals surface area contributed by atoms with Crippen molar-refractivity contribution in [3.63, 3.8) is 0 Å². The van der Waals surface area contributed by atoms with Crippen LogP contribution in [0.25, 0.3) is 10.9 Å². The second-order valence-electron chi connectivity index (χ2n) is 11.1. The van der Waals surface area contributed by atoms with Crippen molar-refractivity contribution < 1.29 is 15.0 Å². The van der Waals surface area contributed by atoms with Crippen LogP contribution >= 0.6 is 0 Å². The van der Waals surface area contributed by atoms with E-state index in [2.05, 4.69) is 50.1 Å². The summed E-state index contributed by atoms with van der Waals surface area (Å²) in [6.45, 7) is 9.44. The molecule has 4 heterocycles. The molecule has 2 unspecified atom stereocenters. The van der Waals surface area contributed by atoms with Crippen molar-refractivity contribution in [3.05, 3.63) is 72.6 Å². The molecule has 2 aliphatic rings. The van der Waals surface area contributed by atoms with Crippen molar-refractivity contribution in [3.8, 4) is 0 Å². The number of aromatic nitrogens is 4. The van der Waals surface area contributed by atoms with Gasteiger partial charge in [0.1, 0.15) is 5.82 Å². The van der Waals surface area contributed by atoms with Crippen LogP contribution in [0.15, 0.2) is 61.4 Å². The van der Waals surface area contributed by atoms with Crippen molar-refractivity contribution in [2.45, 2.75) is 44.9 Å². The van der Waals surface area contributed by atoms with Gasteiger partial charge in [0.15, 0.2) is 0 Å². The molecule has 4 aromatic rings. The number of hydrogen-bond acceptors (Lipinski definition) is 8. The van der Waals surface area contributed by atoms with E-state index in [-0.39, 0.29) is 0 Å². The molecule has 0 aliphatic carbocycles. The third kappa shape index (κ3) is 5.18. The SMILES string of the molecule is C=CCn1ncc2cc(C)c(Nc3ncc(N4CCCC(C(=O)O)C4)c(N[Si]4c5ccccc5CC4(C)O)n3)cc21. The van der Waals surface area contributed by atoms with E-state index in [1.54, 1.807) is 6.20 Å². The van der Waals surface area contributed by atoms with Crippen molar-refractivity contribution in [1.82, 2.24) is 19.7 Å². The molecule has 0 spiro atoms. The molecule has 2 aliphatic heterocycles. The number of fused-ring (bicyclic) bond motifs is 2. The van der Waals surface area contributed by atoms with Crippen LogP contribution in [0, 0.1) is 12.8 Å². The molecule has 41 heavy (non-hydrogen) atoms. The molecule has 4 N–H and O–H groups in total. The van der Waals surface area contributed by atoms with Gasteiger partial charge < -0.3 is 25.4 Å². The number of nitrogens with zero attached hydrogens (tertiary/aromatic N) is 5. The zero-order chi connectivity index (χ0) is 28.7. The number of nitrogens with one attached hydrogen (secondary N) is 2. The third-order valence-corrected chi connectivity index (χ3v) is 10.8. The minimum atomic E-state index is -1.69. The van der Waals surface area contributed by atoms with Crippen LogP contribution in [-0.2, 0) is 17.8 Å². The maximum absolute atomic E-state index is 11.8. The van der Waals surface area contributed by atoms with E-state index in [0.717, 1.165) is 45.0 Å². The fraction of sp³-hybridized carbons (Fsp3) is 0.333. The molecule has 2 atom stereocenters. The Morgan fingerprint density at radius 2 is 2.12 bits per heavy atom. The Kier molecular flexibility index (Phi) is 7.00. The highest BCUT2D eigenvalue weighted by Crippen LogP contribution is 2.33. The van der Waals surface area contributed by atoms with Crippen LogP contribution < -0.4 is 20.4 Å². The summed E-state index contributed by atoms with van der Waals surface area (Å²) in [5.74, 6) is -0.235. The Hall–Kier alpha value is -4.22. The predicted molar refractivity (Wildman–Crippen MR) is 162 cm³/mol. The van der Waals surface area contributed by atoms with Gasteiger partial charge >= 0.3 is 5.97 Å². The Labute approximate surface area is 240 Å². The monoisotopic (exact) mass is 568 g/mol.